The molecule has 0 amide bonds. The summed E-state index contributed by atoms with van der Waals surface area (Å²) in [6, 6.07) is 0. The van der Waals surface area contributed by atoms with Crippen molar-refractivity contribution in [2.75, 3.05) is 46.3 Å². The molecule has 4 N–H and O–H groups in total. The van der Waals surface area contributed by atoms with Gasteiger partial charge in [0.05, 0.1) is 6.54 Å². The zero-order valence-corrected chi connectivity index (χ0v) is 11.8. The second-order valence-corrected chi connectivity index (χ2v) is 5.49. The summed E-state index contributed by atoms with van der Waals surface area (Å²) in [5.41, 5.74) is 5.17. The molecule has 10 heteroatoms. The average molecular weight is 295 g/mol. The normalized spacial score (nSPS) is 18.4. The van der Waals surface area contributed by atoms with Gasteiger partial charge in [-0.05, 0) is 13.5 Å². The molecule has 19 heavy (non-hydrogen) atoms. The molecule has 1 heterocycles. The Kier molecular flexibility index (Phi) is 5.94. The van der Waals surface area contributed by atoms with Gasteiger partial charge in [0.15, 0.2) is 0 Å². The lowest BCUT2D eigenvalue weighted by molar-refractivity contribution is 0.00699. The number of piperazine rings is 1. The molecule has 9 nitrogen and oxygen atoms in total. The van der Waals surface area contributed by atoms with Gasteiger partial charge in [-0.25, -0.2) is 5.06 Å². The van der Waals surface area contributed by atoms with Gasteiger partial charge in [0.1, 0.15) is 0 Å². The summed E-state index contributed by atoms with van der Waals surface area (Å²) in [6.45, 7) is 4.79. The molecular weight excluding hydrogens is 274 g/mol. The maximum atomic E-state index is 10.6. The minimum absolute atomic E-state index is 0.126. The molecule has 0 bridgehead atoms. The number of hydroxylamine groups is 2. The number of guanidine groups is 1. The van der Waals surface area contributed by atoms with E-state index in [9.17, 15) is 8.42 Å². The fraction of sp³-hybridized carbons (Fsp3) is 0.889. The summed E-state index contributed by atoms with van der Waals surface area (Å²) in [7, 11) is -2.58. The number of nitrogens with two attached hydrogens (primary N) is 1. The summed E-state index contributed by atoms with van der Waals surface area (Å²) < 4.78 is 33.9. The number of nitrogens with zero attached hydrogens (tertiary/aromatic N) is 3. The Balaban J connectivity index is 2.30. The van der Waals surface area contributed by atoms with Crippen LogP contribution in [0.1, 0.15) is 6.42 Å². The minimum Gasteiger partial charge on any atom is -0.368 e. The Hall–Kier alpha value is -0.940. The van der Waals surface area contributed by atoms with Gasteiger partial charge in [0.25, 0.3) is 0 Å². The van der Waals surface area contributed by atoms with E-state index in [0.29, 0.717) is 11.5 Å². The molecule has 0 aromatic heterocycles. The Morgan fingerprint density at radius 3 is 2.47 bits per heavy atom. The van der Waals surface area contributed by atoms with Crippen LogP contribution in [0.25, 0.3) is 0 Å². The van der Waals surface area contributed by atoms with Gasteiger partial charge in [0, 0.05) is 32.7 Å². The summed E-state index contributed by atoms with van der Waals surface area (Å²) in [4.78, 5) is 4.48. The van der Waals surface area contributed by atoms with Crippen molar-refractivity contribution in [3.63, 3.8) is 0 Å². The monoisotopic (exact) mass is 295 g/mol. The Labute approximate surface area is 113 Å². The third-order valence-electron chi connectivity index (χ3n) is 2.88. The zero-order chi connectivity index (χ0) is 14.5. The maximum Gasteiger partial charge on any atom is 0.418 e. The van der Waals surface area contributed by atoms with Crippen LogP contribution in [0, 0.1) is 5.41 Å². The average Bonchev–Trinajstić information content (AvgIpc) is 2.28. The van der Waals surface area contributed by atoms with Crippen LogP contribution < -0.4 is 5.73 Å². The molecule has 0 unspecified atom stereocenters. The van der Waals surface area contributed by atoms with E-state index in [4.69, 9.17) is 15.7 Å². The molecule has 0 radical (unpaired) electrons. The number of likely N-dealkylation sites (N-methyl/N-ethyl adjacent to an activating group) is 1. The van der Waals surface area contributed by atoms with Crippen molar-refractivity contribution >= 4 is 16.4 Å². The first kappa shape index (κ1) is 16.1. The second-order valence-electron chi connectivity index (χ2n) is 4.49. The van der Waals surface area contributed by atoms with Crippen molar-refractivity contribution in [3.05, 3.63) is 0 Å². The maximum absolute atomic E-state index is 10.6. The van der Waals surface area contributed by atoms with Crippen LogP contribution in [0.4, 0.5) is 0 Å². The van der Waals surface area contributed by atoms with Crippen molar-refractivity contribution in [1.82, 2.24) is 14.9 Å². The SMILES string of the molecule is CN1CCN(CCCN(OS(=O)(=O)O)C(=N)N)CC1. The standard InChI is InChI=1S/C9H21N5O4S/c1-12-5-7-13(8-6-12)3-2-4-14(9(10)11)18-19(15,16)17/h2-8H2,1H3,(H3,10,11)(H,15,16,17). The highest BCUT2D eigenvalue weighted by atomic mass is 32.3. The topological polar surface area (TPSA) is 123 Å². The zero-order valence-electron chi connectivity index (χ0n) is 10.9. The van der Waals surface area contributed by atoms with E-state index in [1.54, 1.807) is 0 Å². The molecule has 1 aliphatic heterocycles. The van der Waals surface area contributed by atoms with Crippen LogP contribution in [0.2, 0.25) is 0 Å². The van der Waals surface area contributed by atoms with Crippen LogP contribution in [0.15, 0.2) is 0 Å². The fourth-order valence-electron chi connectivity index (χ4n) is 1.82. The molecule has 1 rings (SSSR count). The lowest BCUT2D eigenvalue weighted by Crippen LogP contribution is -2.45. The van der Waals surface area contributed by atoms with Crippen molar-refractivity contribution in [2.24, 2.45) is 5.73 Å². The van der Waals surface area contributed by atoms with E-state index in [0.717, 1.165) is 32.7 Å². The van der Waals surface area contributed by atoms with E-state index >= 15 is 0 Å². The molecular formula is C9H21N5O4S. The molecule has 112 valence electrons. The van der Waals surface area contributed by atoms with Crippen molar-refractivity contribution in [2.45, 2.75) is 6.42 Å². The Morgan fingerprint density at radius 2 is 2.00 bits per heavy atom. The molecule has 0 aromatic carbocycles. The number of rotatable bonds is 6. The van der Waals surface area contributed by atoms with Gasteiger partial charge in [-0.1, -0.05) is 0 Å². The number of hydrogen-bond donors (Lipinski definition) is 3. The first-order valence-electron chi connectivity index (χ1n) is 5.97. The predicted molar refractivity (Wildman–Crippen MR) is 69.8 cm³/mol. The van der Waals surface area contributed by atoms with Crippen LogP contribution in [-0.4, -0.2) is 80.1 Å². The first-order valence-corrected chi connectivity index (χ1v) is 7.34. The highest BCUT2D eigenvalue weighted by Gasteiger charge is 2.17. The van der Waals surface area contributed by atoms with Gasteiger partial charge >= 0.3 is 10.4 Å². The smallest absolute Gasteiger partial charge is 0.368 e. The third kappa shape index (κ3) is 6.68. The molecule has 0 spiro atoms. The van der Waals surface area contributed by atoms with Crippen molar-refractivity contribution in [3.8, 4) is 0 Å². The molecule has 1 saturated heterocycles. The lowest BCUT2D eigenvalue weighted by Gasteiger charge is -2.32. The van der Waals surface area contributed by atoms with Gasteiger partial charge in [-0.3, -0.25) is 9.96 Å². The molecule has 0 aliphatic carbocycles. The van der Waals surface area contributed by atoms with Gasteiger partial charge in [-0.15, -0.1) is 4.28 Å². The van der Waals surface area contributed by atoms with Crippen LogP contribution in [-0.2, 0) is 14.7 Å². The number of hydrogen-bond acceptors (Lipinski definition) is 6. The van der Waals surface area contributed by atoms with E-state index in [1.165, 1.54) is 0 Å². The van der Waals surface area contributed by atoms with E-state index in [2.05, 4.69) is 21.1 Å². The molecule has 1 aliphatic rings. The van der Waals surface area contributed by atoms with Gasteiger partial charge in [-0.2, -0.15) is 8.42 Å². The molecule has 0 saturated carbocycles. The van der Waals surface area contributed by atoms with Gasteiger partial charge in [0.2, 0.25) is 5.96 Å². The van der Waals surface area contributed by atoms with Crippen molar-refractivity contribution < 1.29 is 17.3 Å². The summed E-state index contributed by atoms with van der Waals surface area (Å²) in [5, 5.41) is 7.82. The number of nitrogens with one attached hydrogen (secondary N) is 1. The highest BCUT2D eigenvalue weighted by molar-refractivity contribution is 7.80. The predicted octanol–water partition coefficient (Wildman–Crippen LogP) is -1.45. The minimum atomic E-state index is -4.65. The second kappa shape index (κ2) is 7.01. The van der Waals surface area contributed by atoms with Gasteiger partial charge < -0.3 is 15.5 Å². The summed E-state index contributed by atoms with van der Waals surface area (Å²) in [6.07, 6.45) is 0.582. The lowest BCUT2D eigenvalue weighted by atomic mass is 10.3. The van der Waals surface area contributed by atoms with E-state index in [1.807, 2.05) is 0 Å². The fourth-order valence-corrected chi connectivity index (χ4v) is 2.20. The Bertz CT molecular complexity index is 393. The van der Waals surface area contributed by atoms with Crippen LogP contribution in [0.3, 0.4) is 0 Å². The van der Waals surface area contributed by atoms with Crippen LogP contribution in [0.5, 0.6) is 0 Å². The summed E-state index contributed by atoms with van der Waals surface area (Å²) in [5.74, 6) is -0.559. The molecule has 0 atom stereocenters. The van der Waals surface area contributed by atoms with E-state index in [-0.39, 0.29) is 6.54 Å². The highest BCUT2D eigenvalue weighted by Crippen LogP contribution is 2.02. The molecule has 1 fully saturated rings. The largest absolute Gasteiger partial charge is 0.418 e. The quantitative estimate of drug-likeness (QED) is 0.235. The van der Waals surface area contributed by atoms with Crippen LogP contribution >= 0.6 is 0 Å². The molecule has 0 aromatic rings. The Morgan fingerprint density at radius 1 is 1.42 bits per heavy atom. The third-order valence-corrected chi connectivity index (χ3v) is 3.25. The summed E-state index contributed by atoms with van der Waals surface area (Å²) >= 11 is 0. The van der Waals surface area contributed by atoms with Crippen molar-refractivity contribution in [1.29, 1.82) is 5.41 Å². The van der Waals surface area contributed by atoms with E-state index < -0.39 is 16.4 Å². The first-order chi connectivity index (χ1) is 8.78.